The molecule has 2 aromatic carbocycles. The number of hydrogen-bond acceptors (Lipinski definition) is 2. The highest BCUT2D eigenvalue weighted by Gasteiger charge is 2.14. The van der Waals surface area contributed by atoms with Gasteiger partial charge in [0, 0.05) is 31.9 Å². The lowest BCUT2D eigenvalue weighted by molar-refractivity contribution is 0.0962. The monoisotopic (exact) mass is 329 g/mol. The van der Waals surface area contributed by atoms with E-state index in [1.165, 1.54) is 17.0 Å². The summed E-state index contributed by atoms with van der Waals surface area (Å²) in [6.45, 7) is 2.05. The molecule has 0 unspecified atom stereocenters. The summed E-state index contributed by atoms with van der Waals surface area (Å²) in [6, 6.07) is 10.9. The number of nitrogens with one attached hydrogen (secondary N) is 2. The molecular weight excluding hydrogens is 309 g/mol. The van der Waals surface area contributed by atoms with E-state index in [0.29, 0.717) is 22.4 Å². The number of carbonyl (C=O) groups is 2. The molecule has 6 heteroatoms. The van der Waals surface area contributed by atoms with Crippen molar-refractivity contribution in [3.63, 3.8) is 0 Å². The molecule has 0 aliphatic rings. The average molecular weight is 329 g/mol. The summed E-state index contributed by atoms with van der Waals surface area (Å²) in [4.78, 5) is 25.6. The predicted octanol–water partition coefficient (Wildman–Crippen LogP) is 3.16. The molecule has 5 nitrogen and oxygen atoms in total. The average Bonchev–Trinajstić information content (AvgIpc) is 2.56. The van der Waals surface area contributed by atoms with Gasteiger partial charge in [-0.3, -0.25) is 4.79 Å². The molecule has 3 amide bonds. The van der Waals surface area contributed by atoms with Crippen LogP contribution < -0.4 is 10.6 Å². The first-order chi connectivity index (χ1) is 11.4. The van der Waals surface area contributed by atoms with Crippen molar-refractivity contribution >= 4 is 17.6 Å². The number of carbonyl (C=O) groups excluding carboxylic acids is 2. The highest BCUT2D eigenvalue weighted by molar-refractivity contribution is 5.98. The van der Waals surface area contributed by atoms with Crippen LogP contribution in [0.5, 0.6) is 0 Å². The highest BCUT2D eigenvalue weighted by Crippen LogP contribution is 2.19. The van der Waals surface area contributed by atoms with Crippen molar-refractivity contribution in [1.29, 1.82) is 0 Å². The Hall–Kier alpha value is -2.89. The van der Waals surface area contributed by atoms with Crippen LogP contribution in [0.25, 0.3) is 0 Å². The Labute approximate surface area is 140 Å². The van der Waals surface area contributed by atoms with Crippen molar-refractivity contribution in [2.24, 2.45) is 0 Å². The van der Waals surface area contributed by atoms with E-state index in [1.54, 1.807) is 51.4 Å². The molecular formula is C18H20FN3O2. The summed E-state index contributed by atoms with van der Waals surface area (Å²) >= 11 is 0. The summed E-state index contributed by atoms with van der Waals surface area (Å²) in [5.41, 5.74) is 2.45. The zero-order valence-corrected chi connectivity index (χ0v) is 13.9. The van der Waals surface area contributed by atoms with Crippen LogP contribution in [0.3, 0.4) is 0 Å². The van der Waals surface area contributed by atoms with E-state index in [4.69, 9.17) is 0 Å². The van der Waals surface area contributed by atoms with Gasteiger partial charge in [-0.05, 0) is 42.3 Å². The van der Waals surface area contributed by atoms with E-state index in [2.05, 4.69) is 10.6 Å². The van der Waals surface area contributed by atoms with Gasteiger partial charge >= 0.3 is 6.03 Å². The van der Waals surface area contributed by atoms with Crippen LogP contribution in [0.4, 0.5) is 14.9 Å². The van der Waals surface area contributed by atoms with Crippen molar-refractivity contribution in [2.45, 2.75) is 13.5 Å². The third-order valence-corrected chi connectivity index (χ3v) is 3.70. The van der Waals surface area contributed by atoms with Crippen LogP contribution in [0.2, 0.25) is 0 Å². The number of rotatable bonds is 4. The van der Waals surface area contributed by atoms with Gasteiger partial charge in [-0.1, -0.05) is 18.2 Å². The first kappa shape index (κ1) is 17.5. The molecule has 0 aliphatic heterocycles. The fourth-order valence-electron chi connectivity index (χ4n) is 2.34. The van der Waals surface area contributed by atoms with Gasteiger partial charge in [0.25, 0.3) is 5.91 Å². The maximum Gasteiger partial charge on any atom is 0.321 e. The summed E-state index contributed by atoms with van der Waals surface area (Å²) in [7, 11) is 3.18. The second kappa shape index (κ2) is 7.59. The number of urea groups is 1. The van der Waals surface area contributed by atoms with E-state index in [0.717, 1.165) is 0 Å². The molecule has 24 heavy (non-hydrogen) atoms. The molecule has 2 rings (SSSR count). The van der Waals surface area contributed by atoms with Crippen molar-refractivity contribution in [3.8, 4) is 0 Å². The molecule has 126 valence electrons. The molecule has 0 bridgehead atoms. The molecule has 0 radical (unpaired) electrons. The lowest BCUT2D eigenvalue weighted by Crippen LogP contribution is -2.31. The Bertz CT molecular complexity index is 762. The van der Waals surface area contributed by atoms with E-state index >= 15 is 0 Å². The molecule has 2 N–H and O–H groups in total. The van der Waals surface area contributed by atoms with Crippen molar-refractivity contribution < 1.29 is 14.0 Å². The summed E-state index contributed by atoms with van der Waals surface area (Å²) < 4.78 is 13.2. The molecule has 0 heterocycles. The Morgan fingerprint density at radius 1 is 1.17 bits per heavy atom. The van der Waals surface area contributed by atoms with Crippen LogP contribution in [-0.2, 0) is 6.54 Å². The zero-order chi connectivity index (χ0) is 17.7. The Morgan fingerprint density at radius 2 is 1.88 bits per heavy atom. The maximum atomic E-state index is 13.2. The minimum Gasteiger partial charge on any atom is -0.355 e. The SMILES string of the molecule is CNC(=O)c1cccc(NC(=O)N(C)Cc2cccc(F)c2)c1C. The maximum absolute atomic E-state index is 13.2. The fraction of sp³-hybridized carbons (Fsp3) is 0.222. The molecule has 0 saturated carbocycles. The summed E-state index contributed by atoms with van der Waals surface area (Å²) in [5, 5.41) is 5.34. The number of halogens is 1. The largest absolute Gasteiger partial charge is 0.355 e. The van der Waals surface area contributed by atoms with Crippen LogP contribution in [0.15, 0.2) is 42.5 Å². The smallest absolute Gasteiger partial charge is 0.321 e. The van der Waals surface area contributed by atoms with Gasteiger partial charge in [0.15, 0.2) is 0 Å². The first-order valence-electron chi connectivity index (χ1n) is 7.50. The minimum absolute atomic E-state index is 0.211. The normalized spacial score (nSPS) is 10.2. The van der Waals surface area contributed by atoms with E-state index in [1.807, 2.05) is 0 Å². The molecule has 0 aromatic heterocycles. The number of hydrogen-bond donors (Lipinski definition) is 2. The fourth-order valence-corrected chi connectivity index (χ4v) is 2.34. The Kier molecular flexibility index (Phi) is 5.52. The second-order valence-corrected chi connectivity index (χ2v) is 5.47. The van der Waals surface area contributed by atoms with E-state index in [9.17, 15) is 14.0 Å². The summed E-state index contributed by atoms with van der Waals surface area (Å²) in [6.07, 6.45) is 0. The first-order valence-corrected chi connectivity index (χ1v) is 7.50. The van der Waals surface area contributed by atoms with Gasteiger partial charge in [-0.15, -0.1) is 0 Å². The van der Waals surface area contributed by atoms with E-state index < -0.39 is 0 Å². The lowest BCUT2D eigenvalue weighted by atomic mass is 10.1. The summed E-state index contributed by atoms with van der Waals surface area (Å²) in [5.74, 6) is -0.549. The van der Waals surface area contributed by atoms with Crippen LogP contribution in [0.1, 0.15) is 21.5 Å². The topological polar surface area (TPSA) is 61.4 Å². The molecule has 0 saturated heterocycles. The van der Waals surface area contributed by atoms with Gasteiger partial charge < -0.3 is 15.5 Å². The Balaban J connectivity index is 2.10. The van der Waals surface area contributed by atoms with Crippen molar-refractivity contribution in [2.75, 3.05) is 19.4 Å². The molecule has 0 atom stereocenters. The third kappa shape index (κ3) is 4.10. The number of anilines is 1. The van der Waals surface area contributed by atoms with Crippen LogP contribution >= 0.6 is 0 Å². The van der Waals surface area contributed by atoms with Crippen molar-refractivity contribution in [1.82, 2.24) is 10.2 Å². The lowest BCUT2D eigenvalue weighted by Gasteiger charge is -2.19. The molecule has 0 aliphatic carbocycles. The van der Waals surface area contributed by atoms with Crippen LogP contribution in [0, 0.1) is 12.7 Å². The van der Waals surface area contributed by atoms with Gasteiger partial charge in [0.2, 0.25) is 0 Å². The van der Waals surface area contributed by atoms with Gasteiger partial charge in [0.1, 0.15) is 5.82 Å². The minimum atomic E-state index is -0.338. The number of nitrogens with zero attached hydrogens (tertiary/aromatic N) is 1. The van der Waals surface area contributed by atoms with Gasteiger partial charge in [-0.2, -0.15) is 0 Å². The number of amides is 3. The standard InChI is InChI=1S/C18H20FN3O2/c1-12-15(17(23)20-2)8-5-9-16(12)21-18(24)22(3)11-13-6-4-7-14(19)10-13/h4-10H,11H2,1-3H3,(H,20,23)(H,21,24). The van der Waals surface area contributed by atoms with Crippen LogP contribution in [-0.4, -0.2) is 30.9 Å². The van der Waals surface area contributed by atoms with Crippen molar-refractivity contribution in [3.05, 3.63) is 65.0 Å². The zero-order valence-electron chi connectivity index (χ0n) is 13.9. The van der Waals surface area contributed by atoms with Gasteiger partial charge in [0.05, 0.1) is 0 Å². The molecule has 2 aromatic rings. The quantitative estimate of drug-likeness (QED) is 0.905. The second-order valence-electron chi connectivity index (χ2n) is 5.47. The molecule has 0 fully saturated rings. The molecule has 0 spiro atoms. The third-order valence-electron chi connectivity index (χ3n) is 3.70. The highest BCUT2D eigenvalue weighted by atomic mass is 19.1. The predicted molar refractivity (Wildman–Crippen MR) is 91.5 cm³/mol. The van der Waals surface area contributed by atoms with E-state index in [-0.39, 0.29) is 24.3 Å². The number of benzene rings is 2. The van der Waals surface area contributed by atoms with Gasteiger partial charge in [-0.25, -0.2) is 9.18 Å². The Morgan fingerprint density at radius 3 is 2.54 bits per heavy atom.